The lowest BCUT2D eigenvalue weighted by Crippen LogP contribution is -2.15. The molecule has 37 heavy (non-hydrogen) atoms. The van der Waals surface area contributed by atoms with Gasteiger partial charge < -0.3 is 4.74 Å². The maximum atomic E-state index is 15.1. The maximum absolute atomic E-state index is 15.1. The number of benzene rings is 2. The van der Waals surface area contributed by atoms with E-state index in [4.69, 9.17) is 4.74 Å². The van der Waals surface area contributed by atoms with Gasteiger partial charge in [-0.25, -0.2) is 13.2 Å². The fourth-order valence-electron chi connectivity index (χ4n) is 6.43. The third-order valence-corrected chi connectivity index (χ3v) is 8.69. The highest BCUT2D eigenvalue weighted by Gasteiger charge is 2.27. The van der Waals surface area contributed by atoms with Crippen molar-refractivity contribution in [3.05, 3.63) is 70.5 Å². The van der Waals surface area contributed by atoms with Crippen molar-refractivity contribution in [2.45, 2.75) is 103 Å². The molecule has 0 unspecified atom stereocenters. The fraction of sp³-hybridized carbons (Fsp3) is 0.576. The van der Waals surface area contributed by atoms with Gasteiger partial charge in [0.1, 0.15) is 11.6 Å². The molecule has 0 heterocycles. The van der Waals surface area contributed by atoms with Crippen LogP contribution in [0.3, 0.4) is 0 Å². The van der Waals surface area contributed by atoms with Crippen LogP contribution in [0.1, 0.15) is 119 Å². The molecule has 4 rings (SSSR count). The van der Waals surface area contributed by atoms with Crippen LogP contribution in [-0.4, -0.2) is 6.61 Å². The number of hydrogen-bond donors (Lipinski definition) is 0. The number of rotatable bonds is 10. The molecule has 0 bridgehead atoms. The number of allylic oxidation sites excluding steroid dienone is 1. The van der Waals surface area contributed by atoms with Crippen LogP contribution >= 0.6 is 0 Å². The van der Waals surface area contributed by atoms with Crippen LogP contribution in [-0.2, 0) is 0 Å². The monoisotopic (exact) mass is 512 g/mol. The Balaban J connectivity index is 1.31. The van der Waals surface area contributed by atoms with Crippen LogP contribution in [0, 0.1) is 29.3 Å². The van der Waals surface area contributed by atoms with Gasteiger partial charge in [0.15, 0.2) is 11.6 Å². The molecular formula is C33H43F3O. The largest absolute Gasteiger partial charge is 0.494 e. The minimum absolute atomic E-state index is 0.133. The average molecular weight is 513 g/mol. The van der Waals surface area contributed by atoms with E-state index in [9.17, 15) is 8.78 Å². The van der Waals surface area contributed by atoms with Crippen LogP contribution in [0.4, 0.5) is 13.2 Å². The van der Waals surface area contributed by atoms with Crippen molar-refractivity contribution >= 4 is 6.08 Å². The highest BCUT2D eigenvalue weighted by atomic mass is 19.2. The second-order valence-electron chi connectivity index (χ2n) is 11.2. The molecule has 0 aromatic heterocycles. The molecule has 2 saturated carbocycles. The summed E-state index contributed by atoms with van der Waals surface area (Å²) >= 11 is 0. The lowest BCUT2D eigenvalue weighted by atomic mass is 9.76. The van der Waals surface area contributed by atoms with Crippen LogP contribution in [0.15, 0.2) is 36.4 Å². The van der Waals surface area contributed by atoms with E-state index in [-0.39, 0.29) is 17.7 Å². The van der Waals surface area contributed by atoms with Gasteiger partial charge in [0.05, 0.1) is 6.61 Å². The van der Waals surface area contributed by atoms with E-state index in [1.54, 1.807) is 12.1 Å². The van der Waals surface area contributed by atoms with E-state index in [2.05, 4.69) is 6.92 Å². The summed E-state index contributed by atoms with van der Waals surface area (Å²) in [6.07, 6.45) is 16.6. The maximum Gasteiger partial charge on any atom is 0.166 e. The van der Waals surface area contributed by atoms with Crippen molar-refractivity contribution in [2.75, 3.05) is 6.61 Å². The minimum Gasteiger partial charge on any atom is -0.494 e. The number of halogens is 3. The van der Waals surface area contributed by atoms with E-state index < -0.39 is 11.6 Å². The third-order valence-electron chi connectivity index (χ3n) is 8.69. The predicted octanol–water partition coefficient (Wildman–Crippen LogP) is 10.3. The molecule has 2 fully saturated rings. The van der Waals surface area contributed by atoms with E-state index in [0.717, 1.165) is 62.8 Å². The van der Waals surface area contributed by atoms with Gasteiger partial charge in [-0.15, -0.1) is 0 Å². The molecule has 2 aromatic rings. The molecule has 2 aromatic carbocycles. The van der Waals surface area contributed by atoms with Gasteiger partial charge >= 0.3 is 0 Å². The normalized spacial score (nSPS) is 24.5. The fourth-order valence-corrected chi connectivity index (χ4v) is 6.43. The Morgan fingerprint density at radius 3 is 2.14 bits per heavy atom. The molecule has 202 valence electrons. The summed E-state index contributed by atoms with van der Waals surface area (Å²) in [5.41, 5.74) is 1.64. The average Bonchev–Trinajstić information content (AvgIpc) is 2.91. The van der Waals surface area contributed by atoms with Gasteiger partial charge in [0, 0.05) is 11.6 Å². The van der Waals surface area contributed by atoms with Crippen molar-refractivity contribution < 1.29 is 17.9 Å². The molecule has 0 aliphatic heterocycles. The van der Waals surface area contributed by atoms with Crippen molar-refractivity contribution in [1.82, 2.24) is 0 Å². The van der Waals surface area contributed by atoms with Gasteiger partial charge in [-0.3, -0.25) is 0 Å². The quantitative estimate of drug-likeness (QED) is 0.288. The SMILES string of the molecule is CCCCCC1CCC(c2ccc(/C=C/C3CCC(c4ccc(OCC)cc4F)CC3)c(F)c2F)CC1. The summed E-state index contributed by atoms with van der Waals surface area (Å²) in [6, 6.07) is 8.73. The first kappa shape index (κ1) is 27.8. The summed E-state index contributed by atoms with van der Waals surface area (Å²) in [4.78, 5) is 0. The van der Waals surface area contributed by atoms with Crippen molar-refractivity contribution in [1.29, 1.82) is 0 Å². The van der Waals surface area contributed by atoms with Crippen LogP contribution < -0.4 is 4.74 Å². The number of ether oxygens (including phenoxy) is 1. The Morgan fingerprint density at radius 1 is 0.784 bits per heavy atom. The molecule has 1 nitrogen and oxygen atoms in total. The lowest BCUT2D eigenvalue weighted by molar-refractivity contribution is 0.298. The Hall–Kier alpha value is -2.23. The van der Waals surface area contributed by atoms with Crippen molar-refractivity contribution in [2.24, 2.45) is 11.8 Å². The number of unbranched alkanes of at least 4 members (excludes halogenated alkanes) is 2. The number of hydrogen-bond acceptors (Lipinski definition) is 1. The lowest BCUT2D eigenvalue weighted by Gasteiger charge is -2.29. The van der Waals surface area contributed by atoms with E-state index in [1.807, 2.05) is 31.2 Å². The van der Waals surface area contributed by atoms with Gasteiger partial charge in [-0.2, -0.15) is 0 Å². The Labute approximate surface area is 221 Å². The van der Waals surface area contributed by atoms with Crippen molar-refractivity contribution in [3.8, 4) is 5.75 Å². The minimum atomic E-state index is -0.719. The highest BCUT2D eigenvalue weighted by molar-refractivity contribution is 5.52. The first-order chi connectivity index (χ1) is 18.0. The summed E-state index contributed by atoms with van der Waals surface area (Å²) in [5.74, 6) is 0.355. The van der Waals surface area contributed by atoms with Gasteiger partial charge in [0.25, 0.3) is 0 Å². The predicted molar refractivity (Wildman–Crippen MR) is 147 cm³/mol. The molecule has 0 amide bonds. The Morgan fingerprint density at radius 2 is 1.46 bits per heavy atom. The molecule has 0 N–H and O–H groups in total. The highest BCUT2D eigenvalue weighted by Crippen LogP contribution is 2.40. The molecule has 2 aliphatic carbocycles. The second-order valence-corrected chi connectivity index (χ2v) is 11.2. The molecule has 0 spiro atoms. The first-order valence-corrected chi connectivity index (χ1v) is 14.6. The summed E-state index contributed by atoms with van der Waals surface area (Å²) in [5, 5.41) is 0. The van der Waals surface area contributed by atoms with Gasteiger partial charge in [-0.05, 0) is 99.2 Å². The Bertz CT molecular complexity index is 1030. The zero-order chi connectivity index (χ0) is 26.2. The zero-order valence-electron chi connectivity index (χ0n) is 22.6. The molecule has 4 heteroatoms. The van der Waals surface area contributed by atoms with E-state index in [1.165, 1.54) is 31.7 Å². The van der Waals surface area contributed by atoms with E-state index >= 15 is 4.39 Å². The van der Waals surface area contributed by atoms with Gasteiger partial charge in [0.2, 0.25) is 0 Å². The van der Waals surface area contributed by atoms with Crippen LogP contribution in [0.25, 0.3) is 6.08 Å². The third kappa shape index (κ3) is 7.21. The van der Waals surface area contributed by atoms with Gasteiger partial charge in [-0.1, -0.05) is 63.0 Å². The summed E-state index contributed by atoms with van der Waals surface area (Å²) in [6.45, 7) is 4.63. The standard InChI is InChI=1S/C33H43F3O/c1-3-5-6-7-23-8-15-26(16-9-23)30-20-18-27(32(35)33(30)36)17-12-24-10-13-25(14-11-24)29-21-19-28(37-4-2)22-31(29)34/h12,17-26H,3-11,13-16H2,1-2H3/b17-12+. The topological polar surface area (TPSA) is 9.23 Å². The molecule has 0 saturated heterocycles. The second kappa shape index (κ2) is 13.5. The summed E-state index contributed by atoms with van der Waals surface area (Å²) < 4.78 is 50.0. The molecule has 0 atom stereocenters. The Kier molecular flexibility index (Phi) is 10.2. The zero-order valence-corrected chi connectivity index (χ0v) is 22.6. The van der Waals surface area contributed by atoms with Crippen molar-refractivity contribution in [3.63, 3.8) is 0 Å². The first-order valence-electron chi connectivity index (χ1n) is 14.6. The van der Waals surface area contributed by atoms with Crippen LogP contribution in [0.5, 0.6) is 5.75 Å². The van der Waals surface area contributed by atoms with E-state index in [0.29, 0.717) is 29.4 Å². The summed E-state index contributed by atoms with van der Waals surface area (Å²) in [7, 11) is 0. The smallest absolute Gasteiger partial charge is 0.166 e. The molecule has 0 radical (unpaired) electrons. The molecular weight excluding hydrogens is 469 g/mol. The van der Waals surface area contributed by atoms with Crippen LogP contribution in [0.2, 0.25) is 0 Å². The molecule has 2 aliphatic rings.